The Morgan fingerprint density at radius 1 is 1.28 bits per heavy atom. The number of anilines is 1. The van der Waals surface area contributed by atoms with Gasteiger partial charge in [0.1, 0.15) is 5.82 Å². The van der Waals surface area contributed by atoms with Gasteiger partial charge >= 0.3 is 10.2 Å². The lowest BCUT2D eigenvalue weighted by atomic mass is 10.3. The van der Waals surface area contributed by atoms with Gasteiger partial charge in [-0.25, -0.2) is 4.39 Å². The molecule has 0 fully saturated rings. The first-order valence-corrected chi connectivity index (χ1v) is 6.62. The molecule has 0 aliphatic heterocycles. The summed E-state index contributed by atoms with van der Waals surface area (Å²) in [6.45, 7) is 0.0304. The first-order valence-electron chi connectivity index (χ1n) is 5.22. The van der Waals surface area contributed by atoms with Crippen molar-refractivity contribution in [2.24, 2.45) is 0 Å². The largest absolute Gasteiger partial charge is 0.303 e. The highest BCUT2D eigenvalue weighted by Gasteiger charge is 2.24. The van der Waals surface area contributed by atoms with E-state index in [0.29, 0.717) is 5.69 Å². The van der Waals surface area contributed by atoms with Crippen LogP contribution in [-0.4, -0.2) is 33.4 Å². The maximum Gasteiger partial charge on any atom is 0.303 e. The number of nitriles is 1. The van der Waals surface area contributed by atoms with Crippen LogP contribution in [0.25, 0.3) is 0 Å². The zero-order chi connectivity index (χ0) is 13.8. The number of rotatable bonds is 5. The Morgan fingerprint density at radius 3 is 2.28 bits per heavy atom. The summed E-state index contributed by atoms with van der Waals surface area (Å²) in [6, 6.07) is 6.99. The zero-order valence-electron chi connectivity index (χ0n) is 10.2. The van der Waals surface area contributed by atoms with Crippen LogP contribution < -0.4 is 4.31 Å². The van der Waals surface area contributed by atoms with E-state index in [-0.39, 0.29) is 13.0 Å². The molecular formula is C11H14FN3O2S. The standard InChI is InChI=1S/C11H14FN3O2S/c1-14(2)18(16,17)15(9-3-8-13)11-6-4-10(12)5-7-11/h4-7H,3,9H2,1-2H3. The normalized spacial score (nSPS) is 11.3. The van der Waals surface area contributed by atoms with Gasteiger partial charge in [0, 0.05) is 20.6 Å². The predicted octanol–water partition coefficient (Wildman–Crippen LogP) is 1.35. The zero-order valence-corrected chi connectivity index (χ0v) is 11.0. The van der Waals surface area contributed by atoms with E-state index < -0.39 is 16.0 Å². The smallest absolute Gasteiger partial charge is 0.257 e. The van der Waals surface area contributed by atoms with Crippen LogP contribution in [0.5, 0.6) is 0 Å². The van der Waals surface area contributed by atoms with E-state index in [0.717, 1.165) is 8.61 Å². The molecule has 7 heteroatoms. The molecule has 18 heavy (non-hydrogen) atoms. The number of hydrogen-bond donors (Lipinski definition) is 0. The molecule has 0 unspecified atom stereocenters. The molecule has 0 atom stereocenters. The second kappa shape index (κ2) is 5.80. The van der Waals surface area contributed by atoms with Gasteiger partial charge in [-0.2, -0.15) is 18.0 Å². The molecule has 0 aliphatic rings. The molecule has 5 nitrogen and oxygen atoms in total. The summed E-state index contributed by atoms with van der Waals surface area (Å²) in [5.74, 6) is -0.443. The maximum absolute atomic E-state index is 12.8. The molecule has 0 bridgehead atoms. The molecule has 1 rings (SSSR count). The van der Waals surface area contributed by atoms with Crippen molar-refractivity contribution >= 4 is 15.9 Å². The van der Waals surface area contributed by atoms with Crippen molar-refractivity contribution < 1.29 is 12.8 Å². The van der Waals surface area contributed by atoms with Crippen molar-refractivity contribution in [3.63, 3.8) is 0 Å². The molecule has 0 heterocycles. The van der Waals surface area contributed by atoms with Crippen LogP contribution in [0.15, 0.2) is 24.3 Å². The van der Waals surface area contributed by atoms with Crippen LogP contribution in [0.1, 0.15) is 6.42 Å². The van der Waals surface area contributed by atoms with Crippen LogP contribution >= 0.6 is 0 Å². The summed E-state index contributed by atoms with van der Waals surface area (Å²) >= 11 is 0. The molecule has 0 N–H and O–H groups in total. The van der Waals surface area contributed by atoms with Gasteiger partial charge in [-0.05, 0) is 24.3 Å². The SMILES string of the molecule is CN(C)S(=O)(=O)N(CCC#N)c1ccc(F)cc1. The van der Waals surface area contributed by atoms with Gasteiger partial charge in [0.15, 0.2) is 0 Å². The lowest BCUT2D eigenvalue weighted by molar-refractivity contribution is 0.515. The summed E-state index contributed by atoms with van der Waals surface area (Å²) in [5.41, 5.74) is 0.334. The van der Waals surface area contributed by atoms with E-state index >= 15 is 0 Å². The van der Waals surface area contributed by atoms with Crippen molar-refractivity contribution in [3.05, 3.63) is 30.1 Å². The topological polar surface area (TPSA) is 64.4 Å². The van der Waals surface area contributed by atoms with Crippen LogP contribution in [0.3, 0.4) is 0 Å². The highest BCUT2D eigenvalue weighted by atomic mass is 32.2. The first kappa shape index (κ1) is 14.4. The third kappa shape index (κ3) is 3.18. The van der Waals surface area contributed by atoms with Gasteiger partial charge in [0.25, 0.3) is 0 Å². The summed E-state index contributed by atoms with van der Waals surface area (Å²) < 4.78 is 39.1. The fourth-order valence-corrected chi connectivity index (χ4v) is 2.44. The minimum atomic E-state index is -3.68. The summed E-state index contributed by atoms with van der Waals surface area (Å²) in [5, 5.41) is 8.57. The molecular weight excluding hydrogens is 257 g/mol. The van der Waals surface area contributed by atoms with Crippen LogP contribution in [0.2, 0.25) is 0 Å². The molecule has 0 saturated heterocycles. The quantitative estimate of drug-likeness (QED) is 0.812. The van der Waals surface area contributed by atoms with Gasteiger partial charge < -0.3 is 0 Å². The Balaban J connectivity index is 3.14. The van der Waals surface area contributed by atoms with Crippen LogP contribution in [0, 0.1) is 17.1 Å². The van der Waals surface area contributed by atoms with Gasteiger partial charge in [0.2, 0.25) is 0 Å². The molecule has 98 valence electrons. The van der Waals surface area contributed by atoms with Gasteiger partial charge in [-0.15, -0.1) is 0 Å². The second-order valence-corrected chi connectivity index (χ2v) is 5.81. The molecule has 0 aromatic heterocycles. The monoisotopic (exact) mass is 271 g/mol. The van der Waals surface area contributed by atoms with Gasteiger partial charge in [0.05, 0.1) is 18.2 Å². The summed E-state index contributed by atoms with van der Waals surface area (Å²) in [6.07, 6.45) is 0.0600. The van der Waals surface area contributed by atoms with Crippen molar-refractivity contribution in [3.8, 4) is 6.07 Å². The number of benzene rings is 1. The van der Waals surface area contributed by atoms with Crippen molar-refractivity contribution in [1.82, 2.24) is 4.31 Å². The molecule has 0 aliphatic carbocycles. The van der Waals surface area contributed by atoms with E-state index in [2.05, 4.69) is 0 Å². The third-order valence-electron chi connectivity index (χ3n) is 2.28. The fourth-order valence-electron chi connectivity index (χ4n) is 1.33. The van der Waals surface area contributed by atoms with E-state index in [4.69, 9.17) is 5.26 Å². The molecule has 1 aromatic carbocycles. The van der Waals surface area contributed by atoms with E-state index in [1.807, 2.05) is 6.07 Å². The third-order valence-corrected chi connectivity index (χ3v) is 4.15. The highest BCUT2D eigenvalue weighted by molar-refractivity contribution is 7.90. The molecule has 0 spiro atoms. The Bertz CT molecular complexity index is 534. The molecule has 0 amide bonds. The average molecular weight is 271 g/mol. The van der Waals surface area contributed by atoms with E-state index in [1.165, 1.54) is 38.4 Å². The Morgan fingerprint density at radius 2 is 1.83 bits per heavy atom. The Kier molecular flexibility index (Phi) is 4.64. The van der Waals surface area contributed by atoms with E-state index in [9.17, 15) is 12.8 Å². The average Bonchev–Trinajstić information content (AvgIpc) is 2.31. The number of halogens is 1. The van der Waals surface area contributed by atoms with Crippen LogP contribution in [0.4, 0.5) is 10.1 Å². The van der Waals surface area contributed by atoms with Gasteiger partial charge in [-0.1, -0.05) is 0 Å². The Hall–Kier alpha value is -1.65. The minimum absolute atomic E-state index is 0.0304. The molecule has 1 aromatic rings. The summed E-state index contributed by atoms with van der Waals surface area (Å²) in [7, 11) is -0.882. The van der Waals surface area contributed by atoms with Crippen molar-refractivity contribution in [1.29, 1.82) is 5.26 Å². The summed E-state index contributed by atoms with van der Waals surface area (Å²) in [4.78, 5) is 0. The van der Waals surface area contributed by atoms with Crippen LogP contribution in [-0.2, 0) is 10.2 Å². The van der Waals surface area contributed by atoms with E-state index in [1.54, 1.807) is 0 Å². The first-order chi connectivity index (χ1) is 8.39. The molecule has 0 radical (unpaired) electrons. The number of hydrogen-bond acceptors (Lipinski definition) is 3. The maximum atomic E-state index is 12.8. The van der Waals surface area contributed by atoms with Gasteiger partial charge in [-0.3, -0.25) is 4.31 Å². The second-order valence-electron chi connectivity index (χ2n) is 3.75. The Labute approximate surface area is 106 Å². The number of nitrogens with zero attached hydrogens (tertiary/aromatic N) is 3. The molecule has 0 saturated carbocycles. The predicted molar refractivity (Wildman–Crippen MR) is 66.6 cm³/mol. The lowest BCUT2D eigenvalue weighted by Gasteiger charge is -2.26. The van der Waals surface area contributed by atoms with Crippen molar-refractivity contribution in [2.75, 3.05) is 24.9 Å². The fraction of sp³-hybridized carbons (Fsp3) is 0.364. The van der Waals surface area contributed by atoms with Crippen molar-refractivity contribution in [2.45, 2.75) is 6.42 Å². The lowest BCUT2D eigenvalue weighted by Crippen LogP contribution is -2.40. The highest BCUT2D eigenvalue weighted by Crippen LogP contribution is 2.20. The minimum Gasteiger partial charge on any atom is -0.257 e.